The normalized spacial score (nSPS) is 44.5. The van der Waals surface area contributed by atoms with Gasteiger partial charge in [0.2, 0.25) is 6.17 Å². The number of rotatable bonds is 0. The van der Waals surface area contributed by atoms with E-state index in [2.05, 4.69) is 0 Å². The zero-order valence-electron chi connectivity index (χ0n) is 6.23. The van der Waals surface area contributed by atoms with E-state index in [9.17, 15) is 26.3 Å². The molecule has 1 aliphatic carbocycles. The summed E-state index contributed by atoms with van der Waals surface area (Å²) in [5, 5.41) is 0. The molecule has 13 heavy (non-hydrogen) atoms. The van der Waals surface area contributed by atoms with Crippen molar-refractivity contribution in [2.24, 2.45) is 0 Å². The predicted molar refractivity (Wildman–Crippen MR) is 33.7 cm³/mol. The van der Waals surface area contributed by atoms with Crippen molar-refractivity contribution in [2.45, 2.75) is 30.6 Å². The highest BCUT2D eigenvalue weighted by Gasteiger charge is 2.54. The maximum absolute atomic E-state index is 12.5. The topological polar surface area (TPSA) is 0 Å². The van der Waals surface area contributed by atoms with Crippen molar-refractivity contribution in [1.82, 2.24) is 0 Å². The van der Waals surface area contributed by atoms with Gasteiger partial charge in [-0.15, -0.1) is 0 Å². The number of halogens is 6. The highest BCUT2D eigenvalue weighted by atomic mass is 19.3. The Morgan fingerprint density at radius 3 is 2.00 bits per heavy atom. The second-order valence-corrected chi connectivity index (χ2v) is 2.75. The first-order chi connectivity index (χ1) is 5.87. The molecule has 0 aromatic carbocycles. The van der Waals surface area contributed by atoms with Crippen LogP contribution in [0.4, 0.5) is 26.3 Å². The van der Waals surface area contributed by atoms with Crippen molar-refractivity contribution < 1.29 is 26.3 Å². The molecule has 0 aliphatic heterocycles. The highest BCUT2D eigenvalue weighted by Crippen LogP contribution is 2.36. The van der Waals surface area contributed by atoms with Crippen LogP contribution in [0.5, 0.6) is 0 Å². The number of hydrogen-bond donors (Lipinski definition) is 0. The molecule has 0 saturated carbocycles. The van der Waals surface area contributed by atoms with Crippen LogP contribution in [0, 0.1) is 0 Å². The second kappa shape index (κ2) is 3.23. The summed E-state index contributed by atoms with van der Waals surface area (Å²) in [6.07, 6.45) is -11.6. The molecule has 4 atom stereocenters. The van der Waals surface area contributed by atoms with Crippen LogP contribution in [0.1, 0.15) is 0 Å². The van der Waals surface area contributed by atoms with Crippen LogP contribution in [-0.4, -0.2) is 30.6 Å². The van der Waals surface area contributed by atoms with E-state index >= 15 is 0 Å². The van der Waals surface area contributed by atoms with E-state index in [1.807, 2.05) is 0 Å². The minimum atomic E-state index is -4.50. The summed E-state index contributed by atoms with van der Waals surface area (Å²) in [5.74, 6) is -4.50. The molecule has 0 spiro atoms. The van der Waals surface area contributed by atoms with Gasteiger partial charge in [0.05, 0.1) is 0 Å². The largest absolute Gasteiger partial charge is 0.315 e. The quantitative estimate of drug-likeness (QED) is 0.420. The standard InChI is InChI=1S/C7H6F6/c8-3-1-2-4(9)7(12,13)6(11)5(3)10/h1-6H. The van der Waals surface area contributed by atoms with Crippen molar-refractivity contribution in [3.63, 3.8) is 0 Å². The molecule has 1 rings (SSSR count). The monoisotopic (exact) mass is 204 g/mol. The van der Waals surface area contributed by atoms with Gasteiger partial charge in [-0.3, -0.25) is 0 Å². The van der Waals surface area contributed by atoms with E-state index in [0.717, 1.165) is 0 Å². The Morgan fingerprint density at radius 2 is 1.46 bits per heavy atom. The Morgan fingerprint density at radius 1 is 0.923 bits per heavy atom. The second-order valence-electron chi connectivity index (χ2n) is 2.75. The van der Waals surface area contributed by atoms with E-state index in [1.54, 1.807) is 0 Å². The molecule has 0 bridgehead atoms. The van der Waals surface area contributed by atoms with Crippen LogP contribution in [0.3, 0.4) is 0 Å². The molecule has 0 saturated heterocycles. The Bertz CT molecular complexity index is 213. The van der Waals surface area contributed by atoms with Gasteiger partial charge in [-0.05, 0) is 12.2 Å². The Balaban J connectivity index is 2.96. The third-order valence-electron chi connectivity index (χ3n) is 1.78. The Labute approximate surface area is 70.2 Å². The third kappa shape index (κ3) is 1.66. The summed E-state index contributed by atoms with van der Waals surface area (Å²) in [6, 6.07) is 0. The lowest BCUT2D eigenvalue weighted by Crippen LogP contribution is -2.44. The first kappa shape index (κ1) is 10.4. The van der Waals surface area contributed by atoms with Gasteiger partial charge in [0.15, 0.2) is 18.5 Å². The predicted octanol–water partition coefficient (Wildman–Crippen LogP) is 2.54. The molecular formula is C7H6F6. The summed E-state index contributed by atoms with van der Waals surface area (Å²) in [5.41, 5.74) is 0. The molecule has 76 valence electrons. The molecule has 0 nitrogen and oxygen atoms in total. The molecule has 0 N–H and O–H groups in total. The third-order valence-corrected chi connectivity index (χ3v) is 1.78. The first-order valence-electron chi connectivity index (χ1n) is 3.49. The Hall–Kier alpha value is -0.680. The van der Waals surface area contributed by atoms with Crippen molar-refractivity contribution in [1.29, 1.82) is 0 Å². The van der Waals surface area contributed by atoms with Gasteiger partial charge in [-0.25, -0.2) is 17.6 Å². The number of allylic oxidation sites excluding steroid dienone is 2. The number of hydrogen-bond acceptors (Lipinski definition) is 0. The van der Waals surface area contributed by atoms with E-state index in [0.29, 0.717) is 0 Å². The summed E-state index contributed by atoms with van der Waals surface area (Å²) in [6.45, 7) is 0. The van der Waals surface area contributed by atoms with Crippen LogP contribution in [-0.2, 0) is 0 Å². The first-order valence-corrected chi connectivity index (χ1v) is 3.49. The number of alkyl halides is 6. The minimum absolute atomic E-state index is 0.136. The Kier molecular flexibility index (Phi) is 2.58. The molecule has 6 heteroatoms. The lowest BCUT2D eigenvalue weighted by Gasteiger charge is -2.22. The van der Waals surface area contributed by atoms with Crippen LogP contribution < -0.4 is 0 Å². The van der Waals surface area contributed by atoms with Gasteiger partial charge < -0.3 is 0 Å². The van der Waals surface area contributed by atoms with Crippen molar-refractivity contribution >= 4 is 0 Å². The van der Waals surface area contributed by atoms with Crippen molar-refractivity contribution in [3.8, 4) is 0 Å². The van der Waals surface area contributed by atoms with E-state index in [1.165, 1.54) is 0 Å². The van der Waals surface area contributed by atoms with Gasteiger partial charge in [-0.1, -0.05) is 0 Å². The zero-order valence-corrected chi connectivity index (χ0v) is 6.23. The highest BCUT2D eigenvalue weighted by molar-refractivity contribution is 5.10. The average molecular weight is 204 g/mol. The molecule has 0 radical (unpaired) electrons. The average Bonchev–Trinajstić information content (AvgIpc) is 2.13. The van der Waals surface area contributed by atoms with E-state index < -0.39 is 30.6 Å². The van der Waals surface area contributed by atoms with Crippen LogP contribution in [0.2, 0.25) is 0 Å². The van der Waals surface area contributed by atoms with Crippen LogP contribution in [0.25, 0.3) is 0 Å². The molecule has 0 heterocycles. The van der Waals surface area contributed by atoms with Gasteiger partial charge in [0.25, 0.3) is 0 Å². The fourth-order valence-electron chi connectivity index (χ4n) is 0.964. The smallest absolute Gasteiger partial charge is 0.240 e. The maximum Gasteiger partial charge on any atom is 0.315 e. The van der Waals surface area contributed by atoms with Gasteiger partial charge in [0.1, 0.15) is 0 Å². The van der Waals surface area contributed by atoms with E-state index in [-0.39, 0.29) is 12.2 Å². The molecule has 4 unspecified atom stereocenters. The molecule has 0 amide bonds. The fraction of sp³-hybridized carbons (Fsp3) is 0.714. The summed E-state index contributed by atoms with van der Waals surface area (Å²) < 4.78 is 74.7. The van der Waals surface area contributed by atoms with Crippen LogP contribution in [0.15, 0.2) is 12.2 Å². The summed E-state index contributed by atoms with van der Waals surface area (Å²) in [7, 11) is 0. The van der Waals surface area contributed by atoms with Crippen molar-refractivity contribution in [2.75, 3.05) is 0 Å². The molecule has 0 aromatic rings. The van der Waals surface area contributed by atoms with Crippen LogP contribution >= 0.6 is 0 Å². The summed E-state index contributed by atoms with van der Waals surface area (Å²) >= 11 is 0. The minimum Gasteiger partial charge on any atom is -0.240 e. The van der Waals surface area contributed by atoms with E-state index in [4.69, 9.17) is 0 Å². The maximum atomic E-state index is 12.5. The van der Waals surface area contributed by atoms with Gasteiger partial charge >= 0.3 is 5.92 Å². The molecule has 1 aliphatic rings. The fourth-order valence-corrected chi connectivity index (χ4v) is 0.964. The SMILES string of the molecule is FC1C=CC(F)C(F)(F)C(F)C1F. The summed E-state index contributed by atoms with van der Waals surface area (Å²) in [4.78, 5) is 0. The van der Waals surface area contributed by atoms with Gasteiger partial charge in [0, 0.05) is 0 Å². The zero-order chi connectivity index (χ0) is 10.2. The molecule has 0 fully saturated rings. The van der Waals surface area contributed by atoms with Crippen molar-refractivity contribution in [3.05, 3.63) is 12.2 Å². The lowest BCUT2D eigenvalue weighted by molar-refractivity contribution is -0.136. The molecule has 0 aromatic heterocycles. The molecular weight excluding hydrogens is 198 g/mol. The van der Waals surface area contributed by atoms with Gasteiger partial charge in [-0.2, -0.15) is 8.78 Å². The lowest BCUT2D eigenvalue weighted by atomic mass is 10.1.